The van der Waals surface area contributed by atoms with Crippen molar-refractivity contribution in [3.63, 3.8) is 0 Å². The van der Waals surface area contributed by atoms with Gasteiger partial charge < -0.3 is 15.5 Å². The van der Waals surface area contributed by atoms with Gasteiger partial charge in [0, 0.05) is 26.2 Å². The number of hydrogen-bond donors (Lipinski definition) is 1. The van der Waals surface area contributed by atoms with Crippen LogP contribution in [-0.4, -0.2) is 55.5 Å². The van der Waals surface area contributed by atoms with E-state index in [1.807, 2.05) is 11.9 Å². The van der Waals surface area contributed by atoms with Gasteiger partial charge in [-0.25, -0.2) is 0 Å². The molecule has 2 fully saturated rings. The highest BCUT2D eigenvalue weighted by molar-refractivity contribution is 5.83. The molecule has 4 nitrogen and oxygen atoms in total. The second kappa shape index (κ2) is 6.23. The van der Waals surface area contributed by atoms with E-state index in [4.69, 9.17) is 5.73 Å². The maximum absolute atomic E-state index is 12.9. The van der Waals surface area contributed by atoms with Gasteiger partial charge in [0.1, 0.15) is 0 Å². The van der Waals surface area contributed by atoms with Crippen LogP contribution in [0.3, 0.4) is 0 Å². The van der Waals surface area contributed by atoms with Gasteiger partial charge in [-0.2, -0.15) is 0 Å². The number of carbonyl (C=O) groups is 1. The third kappa shape index (κ3) is 3.11. The van der Waals surface area contributed by atoms with Crippen molar-refractivity contribution in [1.29, 1.82) is 0 Å². The molecule has 4 heteroatoms. The molecule has 110 valence electrons. The summed E-state index contributed by atoms with van der Waals surface area (Å²) in [4.78, 5) is 17.2. The molecule has 2 aliphatic rings. The Morgan fingerprint density at radius 1 is 1.32 bits per heavy atom. The number of carbonyl (C=O) groups excluding carboxylic acids is 1. The van der Waals surface area contributed by atoms with Gasteiger partial charge in [-0.3, -0.25) is 4.79 Å². The molecular formula is C15H29N3O. The van der Waals surface area contributed by atoms with Crippen LogP contribution in [-0.2, 0) is 4.79 Å². The standard InChI is InChI=1S/C15H29N3O/c1-17-10-6-7-13(11-17)18(2)14(19)15(12-16)8-4-3-5-9-15/h13H,3-12,16H2,1-2H3. The third-order valence-corrected chi connectivity index (χ3v) is 5.12. The molecule has 0 aromatic heterocycles. The van der Waals surface area contributed by atoms with E-state index in [1.165, 1.54) is 12.8 Å². The zero-order chi connectivity index (χ0) is 13.9. The molecule has 1 atom stereocenters. The van der Waals surface area contributed by atoms with E-state index >= 15 is 0 Å². The van der Waals surface area contributed by atoms with Crippen LogP contribution in [0.15, 0.2) is 0 Å². The van der Waals surface area contributed by atoms with Gasteiger partial charge >= 0.3 is 0 Å². The SMILES string of the molecule is CN1CCCC(N(C)C(=O)C2(CN)CCCCC2)C1. The molecule has 1 heterocycles. The molecule has 1 saturated heterocycles. The molecule has 0 aromatic carbocycles. The number of amides is 1. The summed E-state index contributed by atoms with van der Waals surface area (Å²) in [6.07, 6.45) is 7.85. The molecule has 0 bridgehead atoms. The topological polar surface area (TPSA) is 49.6 Å². The number of likely N-dealkylation sites (tertiary alicyclic amines) is 1. The van der Waals surface area contributed by atoms with Gasteiger partial charge in [0.2, 0.25) is 5.91 Å². The van der Waals surface area contributed by atoms with E-state index in [0.29, 0.717) is 18.5 Å². The fourth-order valence-corrected chi connectivity index (χ4v) is 3.73. The van der Waals surface area contributed by atoms with Crippen LogP contribution in [0.25, 0.3) is 0 Å². The average Bonchev–Trinajstić information content (AvgIpc) is 2.46. The van der Waals surface area contributed by atoms with Crippen molar-refractivity contribution in [2.45, 2.75) is 51.0 Å². The van der Waals surface area contributed by atoms with E-state index in [1.54, 1.807) is 0 Å². The molecule has 2 N–H and O–H groups in total. The first-order valence-corrected chi connectivity index (χ1v) is 7.75. The van der Waals surface area contributed by atoms with Crippen molar-refractivity contribution in [2.75, 3.05) is 33.7 Å². The number of hydrogen-bond acceptors (Lipinski definition) is 3. The maximum atomic E-state index is 12.9. The van der Waals surface area contributed by atoms with Crippen LogP contribution in [0, 0.1) is 5.41 Å². The lowest BCUT2D eigenvalue weighted by Crippen LogP contribution is -2.54. The fourth-order valence-electron chi connectivity index (χ4n) is 3.73. The largest absolute Gasteiger partial charge is 0.341 e. The minimum atomic E-state index is -0.261. The molecule has 1 saturated carbocycles. The third-order valence-electron chi connectivity index (χ3n) is 5.12. The molecule has 2 rings (SSSR count). The van der Waals surface area contributed by atoms with E-state index in [2.05, 4.69) is 11.9 Å². The highest BCUT2D eigenvalue weighted by atomic mass is 16.2. The summed E-state index contributed by atoms with van der Waals surface area (Å²) >= 11 is 0. The summed E-state index contributed by atoms with van der Waals surface area (Å²) in [5.74, 6) is 0.301. The van der Waals surface area contributed by atoms with Crippen LogP contribution in [0.1, 0.15) is 44.9 Å². The Hall–Kier alpha value is -0.610. The van der Waals surface area contributed by atoms with Gasteiger partial charge in [0.15, 0.2) is 0 Å². The first kappa shape index (κ1) is 14.8. The van der Waals surface area contributed by atoms with Gasteiger partial charge in [0.25, 0.3) is 0 Å². The van der Waals surface area contributed by atoms with Crippen LogP contribution in [0.4, 0.5) is 0 Å². The van der Waals surface area contributed by atoms with Crippen molar-refractivity contribution >= 4 is 5.91 Å². The Balaban J connectivity index is 2.04. The van der Waals surface area contributed by atoms with Crippen molar-refractivity contribution in [3.8, 4) is 0 Å². The van der Waals surface area contributed by atoms with Gasteiger partial charge in [-0.15, -0.1) is 0 Å². The summed E-state index contributed by atoms with van der Waals surface area (Å²) in [7, 11) is 4.13. The van der Waals surface area contributed by atoms with Crippen LogP contribution in [0.2, 0.25) is 0 Å². The smallest absolute Gasteiger partial charge is 0.230 e. The minimum absolute atomic E-state index is 0.261. The number of likely N-dealkylation sites (N-methyl/N-ethyl adjacent to an activating group) is 2. The van der Waals surface area contributed by atoms with Crippen molar-refractivity contribution in [3.05, 3.63) is 0 Å². The Morgan fingerprint density at radius 3 is 2.58 bits per heavy atom. The molecule has 0 spiro atoms. The van der Waals surface area contributed by atoms with Crippen molar-refractivity contribution in [1.82, 2.24) is 9.80 Å². The molecule has 1 unspecified atom stereocenters. The number of nitrogens with two attached hydrogens (primary N) is 1. The highest BCUT2D eigenvalue weighted by Crippen LogP contribution is 2.37. The lowest BCUT2D eigenvalue weighted by molar-refractivity contribution is -0.145. The summed E-state index contributed by atoms with van der Waals surface area (Å²) in [6.45, 7) is 2.67. The zero-order valence-corrected chi connectivity index (χ0v) is 12.5. The number of piperidine rings is 1. The molecule has 1 amide bonds. The zero-order valence-electron chi connectivity index (χ0n) is 12.5. The van der Waals surface area contributed by atoms with Crippen molar-refractivity contribution < 1.29 is 4.79 Å². The first-order valence-electron chi connectivity index (χ1n) is 7.75. The second-order valence-electron chi connectivity index (χ2n) is 6.52. The minimum Gasteiger partial charge on any atom is -0.341 e. The van der Waals surface area contributed by atoms with E-state index in [9.17, 15) is 4.79 Å². The summed E-state index contributed by atoms with van der Waals surface area (Å²) < 4.78 is 0. The normalized spacial score (nSPS) is 28.1. The summed E-state index contributed by atoms with van der Waals surface area (Å²) in [5.41, 5.74) is 5.71. The Kier molecular flexibility index (Phi) is 4.85. The molecule has 19 heavy (non-hydrogen) atoms. The number of rotatable bonds is 3. The fraction of sp³-hybridized carbons (Fsp3) is 0.933. The monoisotopic (exact) mass is 267 g/mol. The van der Waals surface area contributed by atoms with Gasteiger partial charge in [0.05, 0.1) is 5.41 Å². The highest BCUT2D eigenvalue weighted by Gasteiger charge is 2.41. The second-order valence-corrected chi connectivity index (χ2v) is 6.52. The quantitative estimate of drug-likeness (QED) is 0.842. The number of nitrogens with zero attached hydrogens (tertiary/aromatic N) is 2. The summed E-state index contributed by atoms with van der Waals surface area (Å²) in [5, 5.41) is 0. The Labute approximate surface area is 117 Å². The van der Waals surface area contributed by atoms with Crippen molar-refractivity contribution in [2.24, 2.45) is 11.1 Å². The Bertz CT molecular complexity index is 313. The average molecular weight is 267 g/mol. The maximum Gasteiger partial charge on any atom is 0.230 e. The first-order chi connectivity index (χ1) is 9.09. The lowest BCUT2D eigenvalue weighted by Gasteiger charge is -2.42. The lowest BCUT2D eigenvalue weighted by atomic mass is 9.73. The van der Waals surface area contributed by atoms with E-state index in [0.717, 1.165) is 45.2 Å². The molecule has 0 aromatic rings. The molecular weight excluding hydrogens is 238 g/mol. The predicted octanol–water partition coefficient (Wildman–Crippen LogP) is 1.45. The van der Waals surface area contributed by atoms with Gasteiger partial charge in [-0.1, -0.05) is 19.3 Å². The van der Waals surface area contributed by atoms with Crippen LogP contribution >= 0.6 is 0 Å². The molecule has 1 aliphatic carbocycles. The summed E-state index contributed by atoms with van der Waals surface area (Å²) in [6, 6.07) is 0.372. The van der Waals surface area contributed by atoms with E-state index < -0.39 is 0 Å². The molecule has 1 aliphatic heterocycles. The van der Waals surface area contributed by atoms with E-state index in [-0.39, 0.29) is 5.41 Å². The van der Waals surface area contributed by atoms with Crippen LogP contribution < -0.4 is 5.73 Å². The van der Waals surface area contributed by atoms with Crippen LogP contribution in [0.5, 0.6) is 0 Å². The predicted molar refractivity (Wildman–Crippen MR) is 77.9 cm³/mol. The Morgan fingerprint density at radius 2 is 2.00 bits per heavy atom. The van der Waals surface area contributed by atoms with Gasteiger partial charge in [-0.05, 0) is 39.3 Å². The molecule has 0 radical (unpaired) electrons.